The van der Waals surface area contributed by atoms with E-state index in [1.165, 1.54) is 6.33 Å². The predicted octanol–water partition coefficient (Wildman–Crippen LogP) is 1.70. The van der Waals surface area contributed by atoms with Crippen LogP contribution in [0.1, 0.15) is 17.0 Å². The standard InChI is InChI=1S/C11H14N4O2/c1-7-4-9(17-15-7)5-12-10-8(2)11(16-3)14-6-13-10/h4,6H,5H2,1-3H3,(H,12,13,14). The zero-order chi connectivity index (χ0) is 12.3. The zero-order valence-electron chi connectivity index (χ0n) is 10.0. The molecule has 0 amide bonds. The molecule has 0 bridgehead atoms. The van der Waals surface area contributed by atoms with E-state index in [0.717, 1.165) is 22.8 Å². The molecule has 0 aliphatic carbocycles. The smallest absolute Gasteiger partial charge is 0.221 e. The van der Waals surface area contributed by atoms with Gasteiger partial charge >= 0.3 is 0 Å². The van der Waals surface area contributed by atoms with Crippen LogP contribution in [0.5, 0.6) is 5.88 Å². The molecule has 0 fully saturated rings. The first-order valence-corrected chi connectivity index (χ1v) is 5.22. The number of rotatable bonds is 4. The Kier molecular flexibility index (Phi) is 3.22. The van der Waals surface area contributed by atoms with E-state index in [1.54, 1.807) is 7.11 Å². The SMILES string of the molecule is COc1ncnc(NCc2cc(C)no2)c1C. The lowest BCUT2D eigenvalue weighted by atomic mass is 10.3. The van der Waals surface area contributed by atoms with Crippen LogP contribution < -0.4 is 10.1 Å². The number of hydrogen-bond acceptors (Lipinski definition) is 6. The summed E-state index contributed by atoms with van der Waals surface area (Å²) in [5.41, 5.74) is 1.73. The molecular formula is C11H14N4O2. The van der Waals surface area contributed by atoms with Gasteiger partial charge in [-0.15, -0.1) is 0 Å². The quantitative estimate of drug-likeness (QED) is 0.868. The summed E-state index contributed by atoms with van der Waals surface area (Å²) in [6.45, 7) is 4.31. The maximum Gasteiger partial charge on any atom is 0.221 e. The van der Waals surface area contributed by atoms with Crippen molar-refractivity contribution in [1.82, 2.24) is 15.1 Å². The van der Waals surface area contributed by atoms with Gasteiger partial charge in [-0.25, -0.2) is 9.97 Å². The summed E-state index contributed by atoms with van der Waals surface area (Å²) in [5.74, 6) is 2.06. The molecule has 90 valence electrons. The summed E-state index contributed by atoms with van der Waals surface area (Å²) in [6.07, 6.45) is 1.46. The van der Waals surface area contributed by atoms with Crippen molar-refractivity contribution in [3.05, 3.63) is 29.4 Å². The maximum absolute atomic E-state index is 5.11. The molecule has 0 saturated heterocycles. The molecule has 2 aromatic heterocycles. The average Bonchev–Trinajstić information content (AvgIpc) is 2.74. The van der Waals surface area contributed by atoms with Gasteiger partial charge in [-0.3, -0.25) is 0 Å². The van der Waals surface area contributed by atoms with E-state index in [0.29, 0.717) is 12.4 Å². The molecule has 0 radical (unpaired) electrons. The molecule has 0 aliphatic heterocycles. The number of hydrogen-bond donors (Lipinski definition) is 1. The van der Waals surface area contributed by atoms with E-state index in [4.69, 9.17) is 9.26 Å². The van der Waals surface area contributed by atoms with Crippen molar-refractivity contribution < 1.29 is 9.26 Å². The Labute approximate surface area is 99.0 Å². The second kappa shape index (κ2) is 4.82. The summed E-state index contributed by atoms with van der Waals surface area (Å²) in [4.78, 5) is 8.15. The molecule has 6 nitrogen and oxygen atoms in total. The summed E-state index contributed by atoms with van der Waals surface area (Å²) < 4.78 is 10.2. The highest BCUT2D eigenvalue weighted by atomic mass is 16.5. The van der Waals surface area contributed by atoms with Crippen LogP contribution in [0.4, 0.5) is 5.82 Å². The molecule has 17 heavy (non-hydrogen) atoms. The molecule has 2 aromatic rings. The van der Waals surface area contributed by atoms with E-state index in [1.807, 2.05) is 19.9 Å². The summed E-state index contributed by atoms with van der Waals surface area (Å²) in [7, 11) is 1.58. The second-order valence-electron chi connectivity index (χ2n) is 3.64. The summed E-state index contributed by atoms with van der Waals surface area (Å²) in [5, 5.41) is 6.97. The Hall–Kier alpha value is -2.11. The van der Waals surface area contributed by atoms with Crippen LogP contribution in [0.3, 0.4) is 0 Å². The molecule has 6 heteroatoms. The predicted molar refractivity (Wildman–Crippen MR) is 61.9 cm³/mol. The van der Waals surface area contributed by atoms with Crippen LogP contribution in [0.2, 0.25) is 0 Å². The van der Waals surface area contributed by atoms with Gasteiger partial charge in [-0.1, -0.05) is 5.16 Å². The minimum atomic E-state index is 0.530. The number of aryl methyl sites for hydroxylation is 1. The van der Waals surface area contributed by atoms with Crippen molar-refractivity contribution in [3.8, 4) is 5.88 Å². The van der Waals surface area contributed by atoms with Crippen LogP contribution in [0, 0.1) is 13.8 Å². The fraction of sp³-hybridized carbons (Fsp3) is 0.364. The largest absolute Gasteiger partial charge is 0.481 e. The van der Waals surface area contributed by atoms with Crippen molar-refractivity contribution in [1.29, 1.82) is 0 Å². The van der Waals surface area contributed by atoms with E-state index < -0.39 is 0 Å². The van der Waals surface area contributed by atoms with E-state index in [2.05, 4.69) is 20.4 Å². The Balaban J connectivity index is 2.09. The number of anilines is 1. The van der Waals surface area contributed by atoms with Gasteiger partial charge in [0, 0.05) is 6.07 Å². The fourth-order valence-corrected chi connectivity index (χ4v) is 1.49. The van der Waals surface area contributed by atoms with Gasteiger partial charge in [0.2, 0.25) is 5.88 Å². The van der Waals surface area contributed by atoms with Crippen molar-refractivity contribution >= 4 is 5.82 Å². The second-order valence-corrected chi connectivity index (χ2v) is 3.64. The van der Waals surface area contributed by atoms with E-state index in [-0.39, 0.29) is 0 Å². The lowest BCUT2D eigenvalue weighted by Crippen LogP contribution is -2.04. The van der Waals surface area contributed by atoms with Crippen LogP contribution >= 0.6 is 0 Å². The Bertz CT molecular complexity index is 510. The van der Waals surface area contributed by atoms with Gasteiger partial charge in [0.1, 0.15) is 12.1 Å². The molecule has 0 unspecified atom stereocenters. The highest BCUT2D eigenvalue weighted by Gasteiger charge is 2.07. The molecule has 1 N–H and O–H groups in total. The van der Waals surface area contributed by atoms with Crippen molar-refractivity contribution in [3.63, 3.8) is 0 Å². The first-order valence-electron chi connectivity index (χ1n) is 5.22. The molecule has 0 saturated carbocycles. The van der Waals surface area contributed by atoms with Gasteiger partial charge in [0.15, 0.2) is 5.76 Å². The minimum absolute atomic E-state index is 0.530. The number of nitrogens with zero attached hydrogens (tertiary/aromatic N) is 3. The van der Waals surface area contributed by atoms with Gasteiger partial charge in [0.25, 0.3) is 0 Å². The first-order chi connectivity index (χ1) is 8.20. The van der Waals surface area contributed by atoms with Crippen LogP contribution in [0.15, 0.2) is 16.9 Å². The maximum atomic E-state index is 5.11. The number of aromatic nitrogens is 3. The molecule has 0 spiro atoms. The average molecular weight is 234 g/mol. The van der Waals surface area contributed by atoms with Gasteiger partial charge in [-0.2, -0.15) is 0 Å². The Morgan fingerprint density at radius 3 is 2.82 bits per heavy atom. The molecule has 2 rings (SSSR count). The highest BCUT2D eigenvalue weighted by Crippen LogP contribution is 2.20. The third-order valence-electron chi connectivity index (χ3n) is 2.34. The third-order valence-corrected chi connectivity index (χ3v) is 2.34. The zero-order valence-corrected chi connectivity index (χ0v) is 10.0. The fourth-order valence-electron chi connectivity index (χ4n) is 1.49. The van der Waals surface area contributed by atoms with E-state index in [9.17, 15) is 0 Å². The molecule has 0 atom stereocenters. The van der Waals surface area contributed by atoms with Crippen LogP contribution in [0.25, 0.3) is 0 Å². The molecule has 0 aliphatic rings. The first kappa shape index (κ1) is 11.4. The van der Waals surface area contributed by atoms with Gasteiger partial charge in [0.05, 0.1) is 24.9 Å². The van der Waals surface area contributed by atoms with Gasteiger partial charge in [-0.05, 0) is 13.8 Å². The molecular weight excluding hydrogens is 220 g/mol. The van der Waals surface area contributed by atoms with Crippen molar-refractivity contribution in [2.75, 3.05) is 12.4 Å². The molecule has 0 aromatic carbocycles. The monoisotopic (exact) mass is 234 g/mol. The van der Waals surface area contributed by atoms with Crippen LogP contribution in [-0.4, -0.2) is 22.2 Å². The highest BCUT2D eigenvalue weighted by molar-refractivity contribution is 5.47. The number of ether oxygens (including phenoxy) is 1. The number of methoxy groups -OCH3 is 1. The van der Waals surface area contributed by atoms with Gasteiger partial charge < -0.3 is 14.6 Å². The van der Waals surface area contributed by atoms with Crippen molar-refractivity contribution in [2.45, 2.75) is 20.4 Å². The lowest BCUT2D eigenvalue weighted by Gasteiger charge is -2.08. The molecule has 2 heterocycles. The lowest BCUT2D eigenvalue weighted by molar-refractivity contribution is 0.383. The summed E-state index contributed by atoms with van der Waals surface area (Å²) >= 11 is 0. The normalized spacial score (nSPS) is 10.3. The Morgan fingerprint density at radius 2 is 2.18 bits per heavy atom. The third kappa shape index (κ3) is 2.52. The minimum Gasteiger partial charge on any atom is -0.481 e. The van der Waals surface area contributed by atoms with Crippen molar-refractivity contribution in [2.24, 2.45) is 0 Å². The summed E-state index contributed by atoms with van der Waals surface area (Å²) in [6, 6.07) is 1.88. The number of nitrogens with one attached hydrogen (secondary N) is 1. The topological polar surface area (TPSA) is 73.1 Å². The van der Waals surface area contributed by atoms with Crippen LogP contribution in [-0.2, 0) is 6.54 Å². The Morgan fingerprint density at radius 1 is 1.35 bits per heavy atom. The van der Waals surface area contributed by atoms with E-state index >= 15 is 0 Å².